The molecule has 0 aromatic heterocycles. The smallest absolute Gasteiger partial charge is 0.180 e. The lowest BCUT2D eigenvalue weighted by molar-refractivity contribution is -0.114. The van der Waals surface area contributed by atoms with Crippen LogP contribution in [0.4, 0.5) is 0 Å². The summed E-state index contributed by atoms with van der Waals surface area (Å²) in [6, 6.07) is 17.6. The van der Waals surface area contributed by atoms with Gasteiger partial charge in [0.15, 0.2) is 5.78 Å². The Hall–Kier alpha value is -2.19. The summed E-state index contributed by atoms with van der Waals surface area (Å²) in [4.78, 5) is 12.5. The number of rotatable bonds is 1. The quantitative estimate of drug-likeness (QED) is 0.634. The second kappa shape index (κ2) is 5.43. The molecular weight excluding hydrogens is 246 g/mol. The van der Waals surface area contributed by atoms with Gasteiger partial charge in [-0.3, -0.25) is 4.79 Å². The van der Waals surface area contributed by atoms with Gasteiger partial charge in [-0.1, -0.05) is 54.6 Å². The molecule has 20 heavy (non-hydrogen) atoms. The summed E-state index contributed by atoms with van der Waals surface area (Å²) < 4.78 is 0. The number of carbonyl (C=O) groups excluding carboxylic acids is 1. The van der Waals surface area contributed by atoms with Crippen LogP contribution in [-0.4, -0.2) is 11.8 Å². The van der Waals surface area contributed by atoms with Crippen molar-refractivity contribution < 1.29 is 4.79 Å². The van der Waals surface area contributed by atoms with Gasteiger partial charge in [-0.25, -0.2) is 0 Å². The van der Waals surface area contributed by atoms with Gasteiger partial charge in [-0.05, 0) is 35.6 Å². The molecule has 0 heterocycles. The van der Waals surface area contributed by atoms with Crippen LogP contribution < -0.4 is 5.73 Å². The van der Waals surface area contributed by atoms with Crippen molar-refractivity contribution in [1.29, 1.82) is 0 Å². The number of nitrogens with two attached hydrogens (primary N) is 1. The lowest BCUT2D eigenvalue weighted by Gasteiger charge is -2.10. The standard InChI is InChI=1S/C18H17NO/c19-17-11-10-14-8-4-5-9-15(14)16(18(17)20)12-13-6-2-1-3-7-13/h1-9,12,17H,10-11,19H2/b16-12-/t17-/m0/s1. The maximum atomic E-state index is 12.5. The van der Waals surface area contributed by atoms with Gasteiger partial charge in [-0.15, -0.1) is 0 Å². The van der Waals surface area contributed by atoms with E-state index in [1.807, 2.05) is 54.6 Å². The van der Waals surface area contributed by atoms with Gasteiger partial charge in [0.1, 0.15) is 0 Å². The Balaban J connectivity index is 2.15. The van der Waals surface area contributed by atoms with Crippen LogP contribution in [0.25, 0.3) is 11.6 Å². The molecule has 100 valence electrons. The van der Waals surface area contributed by atoms with E-state index in [9.17, 15) is 4.79 Å². The third-order valence-corrected chi connectivity index (χ3v) is 3.75. The van der Waals surface area contributed by atoms with Crippen molar-refractivity contribution in [2.75, 3.05) is 0 Å². The van der Waals surface area contributed by atoms with Crippen LogP contribution in [0.5, 0.6) is 0 Å². The van der Waals surface area contributed by atoms with E-state index in [0.29, 0.717) is 6.42 Å². The summed E-state index contributed by atoms with van der Waals surface area (Å²) in [5, 5.41) is 0. The summed E-state index contributed by atoms with van der Waals surface area (Å²) in [6.07, 6.45) is 3.52. The Kier molecular flexibility index (Phi) is 3.48. The Morgan fingerprint density at radius 2 is 1.70 bits per heavy atom. The molecule has 0 fully saturated rings. The minimum Gasteiger partial charge on any atom is -0.321 e. The number of Topliss-reactive ketones (excluding diaryl/α,β-unsaturated/α-hetero) is 1. The first-order valence-corrected chi connectivity index (χ1v) is 6.90. The minimum absolute atomic E-state index is 0.0406. The molecule has 0 saturated carbocycles. The number of ketones is 1. The molecule has 1 aliphatic carbocycles. The Bertz CT molecular complexity index is 658. The van der Waals surface area contributed by atoms with Crippen molar-refractivity contribution in [3.05, 3.63) is 71.3 Å². The molecule has 1 atom stereocenters. The highest BCUT2D eigenvalue weighted by Gasteiger charge is 2.25. The number of aryl methyl sites for hydroxylation is 1. The van der Waals surface area contributed by atoms with Crippen molar-refractivity contribution >= 4 is 17.4 Å². The topological polar surface area (TPSA) is 43.1 Å². The third kappa shape index (κ3) is 2.43. The average Bonchev–Trinajstić information content (AvgIpc) is 2.61. The zero-order valence-electron chi connectivity index (χ0n) is 11.3. The van der Waals surface area contributed by atoms with Crippen LogP contribution in [-0.2, 0) is 11.2 Å². The summed E-state index contributed by atoms with van der Waals surface area (Å²) in [5.41, 5.74) is 10.00. The Labute approximate surface area is 118 Å². The number of hydrogen-bond donors (Lipinski definition) is 1. The predicted octanol–water partition coefficient (Wildman–Crippen LogP) is 3.07. The molecule has 0 bridgehead atoms. The first-order chi connectivity index (χ1) is 9.75. The lowest BCUT2D eigenvalue weighted by Crippen LogP contribution is -2.30. The zero-order valence-corrected chi connectivity index (χ0v) is 11.3. The van der Waals surface area contributed by atoms with E-state index in [-0.39, 0.29) is 5.78 Å². The van der Waals surface area contributed by atoms with Crippen molar-refractivity contribution in [2.45, 2.75) is 18.9 Å². The van der Waals surface area contributed by atoms with Gasteiger partial charge in [0.2, 0.25) is 0 Å². The van der Waals surface area contributed by atoms with E-state index in [4.69, 9.17) is 5.73 Å². The van der Waals surface area contributed by atoms with Crippen molar-refractivity contribution in [2.24, 2.45) is 5.73 Å². The molecule has 0 radical (unpaired) electrons. The summed E-state index contributed by atoms with van der Waals surface area (Å²) in [6.45, 7) is 0. The number of fused-ring (bicyclic) bond motifs is 1. The number of carbonyl (C=O) groups is 1. The fourth-order valence-corrected chi connectivity index (χ4v) is 2.64. The van der Waals surface area contributed by atoms with E-state index in [1.54, 1.807) is 0 Å². The maximum Gasteiger partial charge on any atom is 0.180 e. The molecule has 1 aliphatic rings. The average molecular weight is 263 g/mol. The molecule has 2 heteroatoms. The highest BCUT2D eigenvalue weighted by molar-refractivity contribution is 6.28. The van der Waals surface area contributed by atoms with Crippen LogP contribution in [0.2, 0.25) is 0 Å². The van der Waals surface area contributed by atoms with Gasteiger partial charge >= 0.3 is 0 Å². The fourth-order valence-electron chi connectivity index (χ4n) is 2.64. The molecule has 2 aromatic carbocycles. The van der Waals surface area contributed by atoms with Crippen molar-refractivity contribution in [3.63, 3.8) is 0 Å². The second-order valence-corrected chi connectivity index (χ2v) is 5.14. The van der Waals surface area contributed by atoms with E-state index in [0.717, 1.165) is 23.1 Å². The SMILES string of the molecule is N[C@H]1CCc2ccccc2/C(=C/c2ccccc2)C1=O. The number of benzene rings is 2. The molecule has 0 aliphatic heterocycles. The summed E-state index contributed by atoms with van der Waals surface area (Å²) in [7, 11) is 0. The van der Waals surface area contributed by atoms with Gasteiger partial charge in [0.25, 0.3) is 0 Å². The molecule has 0 saturated heterocycles. The molecule has 2 nitrogen and oxygen atoms in total. The van der Waals surface area contributed by atoms with E-state index in [2.05, 4.69) is 6.07 Å². The highest BCUT2D eigenvalue weighted by atomic mass is 16.1. The van der Waals surface area contributed by atoms with Crippen molar-refractivity contribution in [3.8, 4) is 0 Å². The minimum atomic E-state index is -0.405. The Morgan fingerprint density at radius 1 is 1.00 bits per heavy atom. The van der Waals surface area contributed by atoms with Crippen LogP contribution in [0.15, 0.2) is 54.6 Å². The van der Waals surface area contributed by atoms with Crippen molar-refractivity contribution in [1.82, 2.24) is 0 Å². The maximum absolute atomic E-state index is 12.5. The summed E-state index contributed by atoms with van der Waals surface area (Å²) in [5.74, 6) is 0.0406. The van der Waals surface area contributed by atoms with Crippen LogP contribution >= 0.6 is 0 Å². The van der Waals surface area contributed by atoms with E-state index >= 15 is 0 Å². The van der Waals surface area contributed by atoms with E-state index in [1.165, 1.54) is 5.56 Å². The monoisotopic (exact) mass is 263 g/mol. The zero-order chi connectivity index (χ0) is 13.9. The fraction of sp³-hybridized carbons (Fsp3) is 0.167. The van der Waals surface area contributed by atoms with Gasteiger partial charge in [0, 0.05) is 5.57 Å². The molecule has 0 spiro atoms. The molecule has 0 unspecified atom stereocenters. The molecule has 2 N–H and O–H groups in total. The molecule has 0 amide bonds. The summed E-state index contributed by atoms with van der Waals surface area (Å²) >= 11 is 0. The van der Waals surface area contributed by atoms with E-state index < -0.39 is 6.04 Å². The Morgan fingerprint density at radius 3 is 2.50 bits per heavy atom. The third-order valence-electron chi connectivity index (χ3n) is 3.75. The second-order valence-electron chi connectivity index (χ2n) is 5.14. The van der Waals surface area contributed by atoms with Crippen LogP contribution in [0.1, 0.15) is 23.1 Å². The predicted molar refractivity (Wildman–Crippen MR) is 82.1 cm³/mol. The van der Waals surface area contributed by atoms with Gasteiger partial charge < -0.3 is 5.73 Å². The molecule has 3 rings (SSSR count). The first-order valence-electron chi connectivity index (χ1n) is 6.90. The van der Waals surface area contributed by atoms with Crippen LogP contribution in [0.3, 0.4) is 0 Å². The van der Waals surface area contributed by atoms with Gasteiger partial charge in [-0.2, -0.15) is 0 Å². The van der Waals surface area contributed by atoms with Crippen LogP contribution in [0, 0.1) is 0 Å². The number of hydrogen-bond acceptors (Lipinski definition) is 2. The highest BCUT2D eigenvalue weighted by Crippen LogP contribution is 2.28. The normalized spacial score (nSPS) is 20.6. The first kappa shape index (κ1) is 12.8. The lowest BCUT2D eigenvalue weighted by atomic mass is 9.95. The largest absolute Gasteiger partial charge is 0.321 e. The molecule has 2 aromatic rings. The van der Waals surface area contributed by atoms with Gasteiger partial charge in [0.05, 0.1) is 6.04 Å². The molecular formula is C18H17NO.